The number of hydrogen-bond acceptors (Lipinski definition) is 2. The van der Waals surface area contributed by atoms with E-state index >= 15 is 0 Å². The molecular weight excluding hydrogens is 336 g/mol. The van der Waals surface area contributed by atoms with Crippen LogP contribution in [0.25, 0.3) is 0 Å². The Balaban J connectivity index is 2.45. The van der Waals surface area contributed by atoms with Gasteiger partial charge in [-0.15, -0.1) is 0 Å². The van der Waals surface area contributed by atoms with Crippen molar-refractivity contribution >= 4 is 43.5 Å². The van der Waals surface area contributed by atoms with Gasteiger partial charge in [0, 0.05) is 15.5 Å². The summed E-state index contributed by atoms with van der Waals surface area (Å²) in [5.41, 5.74) is 7.73. The van der Waals surface area contributed by atoms with E-state index in [1.165, 1.54) is 0 Å². The lowest BCUT2D eigenvalue weighted by Crippen LogP contribution is -2.34. The molecule has 3 nitrogen and oxygen atoms in total. The Morgan fingerprint density at radius 3 is 2.38 bits per heavy atom. The predicted octanol–water partition coefficient (Wildman–Crippen LogP) is 2.58. The largest absolute Gasteiger partial charge is 0.320 e. The fourth-order valence-corrected chi connectivity index (χ4v) is 3.72. The van der Waals surface area contributed by atoms with Gasteiger partial charge in [-0.2, -0.15) is 0 Å². The lowest BCUT2D eigenvalue weighted by molar-refractivity contribution is -0.118. The maximum atomic E-state index is 11.9. The molecule has 1 aliphatic heterocycles. The molecule has 1 heterocycles. The number of rotatable bonds is 1. The monoisotopic (exact) mass is 346 g/mol. The minimum Gasteiger partial charge on any atom is -0.320 e. The molecule has 1 amide bonds. The van der Waals surface area contributed by atoms with E-state index in [0.29, 0.717) is 13.0 Å². The Labute approximate surface area is 111 Å². The molecule has 0 aromatic heterocycles. The van der Waals surface area contributed by atoms with Gasteiger partial charge in [-0.3, -0.25) is 4.79 Å². The normalized spacial score (nSPS) is 20.6. The molecular formula is C11H12Br2N2O. The predicted molar refractivity (Wildman–Crippen MR) is 71.5 cm³/mol. The highest BCUT2D eigenvalue weighted by Crippen LogP contribution is 2.37. The average molecular weight is 348 g/mol. The Kier molecular flexibility index (Phi) is 3.37. The number of hydrogen-bond donors (Lipinski definition) is 1. The summed E-state index contributed by atoms with van der Waals surface area (Å²) in [7, 11) is 0. The topological polar surface area (TPSA) is 46.3 Å². The minimum atomic E-state index is -0.361. The van der Waals surface area contributed by atoms with Crippen molar-refractivity contribution in [3.63, 3.8) is 0 Å². The standard InChI is InChI=1S/C11H12Br2N2O/c1-6-4-7(12)10(8(13)5-6)15-3-2-9(14)11(15)16/h4-5,9H,2-3,14H2,1H3. The first-order valence-electron chi connectivity index (χ1n) is 5.03. The van der Waals surface area contributed by atoms with E-state index in [4.69, 9.17) is 5.73 Å². The van der Waals surface area contributed by atoms with Gasteiger partial charge in [0.15, 0.2) is 0 Å². The van der Waals surface area contributed by atoms with Crippen LogP contribution in [0.1, 0.15) is 12.0 Å². The summed E-state index contributed by atoms with van der Waals surface area (Å²) in [6.45, 7) is 2.69. The van der Waals surface area contributed by atoms with Crippen molar-refractivity contribution in [1.29, 1.82) is 0 Å². The molecule has 1 fully saturated rings. The number of aryl methyl sites for hydroxylation is 1. The Bertz CT molecular complexity index is 425. The third kappa shape index (κ3) is 2.04. The van der Waals surface area contributed by atoms with Crippen LogP contribution in [-0.4, -0.2) is 18.5 Å². The van der Waals surface area contributed by atoms with Crippen LogP contribution in [0.5, 0.6) is 0 Å². The third-order valence-corrected chi connectivity index (χ3v) is 3.89. The van der Waals surface area contributed by atoms with E-state index < -0.39 is 0 Å². The second-order valence-corrected chi connectivity index (χ2v) is 5.67. The number of anilines is 1. The third-order valence-electron chi connectivity index (χ3n) is 2.68. The first-order chi connectivity index (χ1) is 7.50. The summed E-state index contributed by atoms with van der Waals surface area (Å²) < 4.78 is 1.84. The van der Waals surface area contributed by atoms with Crippen molar-refractivity contribution < 1.29 is 4.79 Å². The molecule has 2 rings (SSSR count). The molecule has 0 bridgehead atoms. The van der Waals surface area contributed by atoms with Gasteiger partial charge in [0.2, 0.25) is 5.91 Å². The Hall–Kier alpha value is -0.390. The van der Waals surface area contributed by atoms with E-state index in [-0.39, 0.29) is 11.9 Å². The highest BCUT2D eigenvalue weighted by Gasteiger charge is 2.31. The number of carbonyl (C=O) groups excluding carboxylic acids is 1. The molecule has 1 atom stereocenters. The first kappa shape index (κ1) is 12.1. The van der Waals surface area contributed by atoms with E-state index in [2.05, 4.69) is 31.9 Å². The number of benzene rings is 1. The summed E-state index contributed by atoms with van der Waals surface area (Å²) in [6, 6.07) is 3.63. The molecule has 1 unspecified atom stereocenters. The van der Waals surface area contributed by atoms with Crippen LogP contribution in [0, 0.1) is 6.92 Å². The van der Waals surface area contributed by atoms with E-state index in [1.807, 2.05) is 19.1 Å². The van der Waals surface area contributed by atoms with Crippen LogP contribution in [0.3, 0.4) is 0 Å². The zero-order chi connectivity index (χ0) is 11.9. The Morgan fingerprint density at radius 2 is 1.94 bits per heavy atom. The van der Waals surface area contributed by atoms with Crippen molar-refractivity contribution in [1.82, 2.24) is 0 Å². The number of amides is 1. The van der Waals surface area contributed by atoms with Crippen LogP contribution in [0.2, 0.25) is 0 Å². The van der Waals surface area contributed by atoms with Crippen molar-refractivity contribution in [3.05, 3.63) is 26.6 Å². The van der Waals surface area contributed by atoms with E-state index in [1.54, 1.807) is 4.90 Å². The number of nitrogens with two attached hydrogens (primary N) is 1. The summed E-state index contributed by atoms with van der Waals surface area (Å²) >= 11 is 6.98. The van der Waals surface area contributed by atoms with Crippen LogP contribution >= 0.6 is 31.9 Å². The SMILES string of the molecule is Cc1cc(Br)c(N2CCC(N)C2=O)c(Br)c1. The molecule has 2 N–H and O–H groups in total. The molecule has 16 heavy (non-hydrogen) atoms. The first-order valence-corrected chi connectivity index (χ1v) is 6.62. The molecule has 1 saturated heterocycles. The van der Waals surface area contributed by atoms with Crippen molar-refractivity contribution in [2.24, 2.45) is 5.73 Å². The fraction of sp³-hybridized carbons (Fsp3) is 0.364. The van der Waals surface area contributed by atoms with Crippen LogP contribution in [-0.2, 0) is 4.79 Å². The fourth-order valence-electron chi connectivity index (χ4n) is 1.87. The highest BCUT2D eigenvalue weighted by atomic mass is 79.9. The second-order valence-electron chi connectivity index (χ2n) is 3.96. The number of halogens is 2. The Morgan fingerprint density at radius 1 is 1.38 bits per heavy atom. The zero-order valence-electron chi connectivity index (χ0n) is 8.84. The average Bonchev–Trinajstić information content (AvgIpc) is 2.48. The van der Waals surface area contributed by atoms with Crippen LogP contribution in [0.4, 0.5) is 5.69 Å². The van der Waals surface area contributed by atoms with Gasteiger partial charge >= 0.3 is 0 Å². The van der Waals surface area contributed by atoms with E-state index in [9.17, 15) is 4.79 Å². The summed E-state index contributed by atoms with van der Waals surface area (Å²) in [5, 5.41) is 0. The molecule has 86 valence electrons. The minimum absolute atomic E-state index is 0.00902. The maximum absolute atomic E-state index is 11.9. The molecule has 0 radical (unpaired) electrons. The molecule has 5 heteroatoms. The van der Waals surface area contributed by atoms with Gasteiger partial charge in [0.1, 0.15) is 0 Å². The van der Waals surface area contributed by atoms with Gasteiger partial charge in [0.05, 0.1) is 11.7 Å². The molecule has 0 aliphatic carbocycles. The van der Waals surface area contributed by atoms with Gasteiger partial charge in [-0.25, -0.2) is 0 Å². The molecule has 0 spiro atoms. The van der Waals surface area contributed by atoms with Crippen molar-refractivity contribution in [3.8, 4) is 0 Å². The lowest BCUT2D eigenvalue weighted by Gasteiger charge is -2.20. The highest BCUT2D eigenvalue weighted by molar-refractivity contribution is 9.11. The van der Waals surface area contributed by atoms with E-state index in [0.717, 1.165) is 20.2 Å². The smallest absolute Gasteiger partial charge is 0.244 e. The molecule has 1 aromatic rings. The summed E-state index contributed by atoms with van der Waals surface area (Å²) in [4.78, 5) is 13.6. The molecule has 0 saturated carbocycles. The number of carbonyl (C=O) groups is 1. The number of nitrogens with zero attached hydrogens (tertiary/aromatic N) is 1. The van der Waals surface area contributed by atoms with Crippen molar-refractivity contribution in [2.75, 3.05) is 11.4 Å². The van der Waals surface area contributed by atoms with Gasteiger partial charge in [-0.1, -0.05) is 0 Å². The van der Waals surface area contributed by atoms with Gasteiger partial charge in [-0.05, 0) is 62.9 Å². The quantitative estimate of drug-likeness (QED) is 0.848. The molecule has 1 aliphatic rings. The maximum Gasteiger partial charge on any atom is 0.244 e. The van der Waals surface area contributed by atoms with Gasteiger partial charge in [0.25, 0.3) is 0 Å². The van der Waals surface area contributed by atoms with Crippen LogP contribution < -0.4 is 10.6 Å². The van der Waals surface area contributed by atoms with Gasteiger partial charge < -0.3 is 10.6 Å². The van der Waals surface area contributed by atoms with Crippen molar-refractivity contribution in [2.45, 2.75) is 19.4 Å². The lowest BCUT2D eigenvalue weighted by atomic mass is 10.2. The zero-order valence-corrected chi connectivity index (χ0v) is 12.0. The molecule has 1 aromatic carbocycles. The van der Waals surface area contributed by atoms with Crippen LogP contribution in [0.15, 0.2) is 21.1 Å². The second kappa shape index (κ2) is 4.47. The summed E-state index contributed by atoms with van der Waals surface area (Å²) in [5.74, 6) is -0.00902. The summed E-state index contributed by atoms with van der Waals surface area (Å²) in [6.07, 6.45) is 0.714.